The molecule has 1 aromatic heterocycles. The van der Waals surface area contributed by atoms with Crippen molar-refractivity contribution in [1.82, 2.24) is 4.98 Å². The summed E-state index contributed by atoms with van der Waals surface area (Å²) in [5, 5.41) is 0. The predicted octanol–water partition coefficient (Wildman–Crippen LogP) is 1.20. The van der Waals surface area contributed by atoms with Crippen LogP contribution >= 0.6 is 0 Å². The lowest BCUT2D eigenvalue weighted by atomic mass is 10.2. The third-order valence-corrected chi connectivity index (χ3v) is 1.90. The molecule has 0 atom stereocenters. The van der Waals surface area contributed by atoms with E-state index in [4.69, 9.17) is 4.74 Å². The minimum Gasteiger partial charge on any atom is -0.466 e. The van der Waals surface area contributed by atoms with Gasteiger partial charge in [0.2, 0.25) is 0 Å². The van der Waals surface area contributed by atoms with Crippen molar-refractivity contribution in [1.29, 1.82) is 0 Å². The van der Waals surface area contributed by atoms with Crippen LogP contribution in [0.25, 0.3) is 6.08 Å². The Labute approximate surface area is 99.1 Å². The maximum Gasteiger partial charge on any atom is 0.337 e. The average molecular weight is 235 g/mol. The quantitative estimate of drug-likeness (QED) is 0.579. The summed E-state index contributed by atoms with van der Waals surface area (Å²) in [7, 11) is 1.27. The molecule has 1 rings (SSSR count). The van der Waals surface area contributed by atoms with E-state index in [2.05, 4.69) is 9.72 Å². The minimum absolute atomic E-state index is 0.114. The van der Waals surface area contributed by atoms with E-state index in [-0.39, 0.29) is 12.2 Å². The third kappa shape index (κ3) is 4.46. The molecule has 0 aromatic carbocycles. The van der Waals surface area contributed by atoms with Crippen LogP contribution in [0.15, 0.2) is 30.1 Å². The molecule has 0 aliphatic heterocycles. The first-order valence-corrected chi connectivity index (χ1v) is 4.95. The Morgan fingerprint density at radius 3 is 2.76 bits per heavy atom. The first-order chi connectivity index (χ1) is 8.13. The lowest BCUT2D eigenvalue weighted by Gasteiger charge is -2.05. The Balaban J connectivity index is 2.86. The molecule has 0 bridgehead atoms. The Morgan fingerprint density at radius 1 is 1.47 bits per heavy atom. The fourth-order valence-corrected chi connectivity index (χ4v) is 1.13. The summed E-state index contributed by atoms with van der Waals surface area (Å²) >= 11 is 0. The Bertz CT molecular complexity index is 425. The highest BCUT2D eigenvalue weighted by Gasteiger charge is 2.11. The highest BCUT2D eigenvalue weighted by Crippen LogP contribution is 2.07. The summed E-state index contributed by atoms with van der Waals surface area (Å²) in [6.45, 7) is 1.16. The topological polar surface area (TPSA) is 65.5 Å². The number of carbonyl (C=O) groups is 2. The highest BCUT2D eigenvalue weighted by molar-refractivity contribution is 5.94. The number of esters is 2. The van der Waals surface area contributed by atoms with E-state index >= 15 is 0 Å². The van der Waals surface area contributed by atoms with Crippen LogP contribution in [-0.4, -0.2) is 30.6 Å². The molecule has 0 fully saturated rings. The van der Waals surface area contributed by atoms with Crippen LogP contribution in [0.4, 0.5) is 0 Å². The molecule has 0 unspecified atom stereocenters. The first kappa shape index (κ1) is 12.9. The van der Waals surface area contributed by atoms with Gasteiger partial charge in [0.25, 0.3) is 0 Å². The number of rotatable bonds is 4. The van der Waals surface area contributed by atoms with Gasteiger partial charge in [-0.3, -0.25) is 9.78 Å². The van der Waals surface area contributed by atoms with E-state index in [9.17, 15) is 9.59 Å². The van der Waals surface area contributed by atoms with Crippen LogP contribution in [0, 0.1) is 0 Å². The van der Waals surface area contributed by atoms with E-state index < -0.39 is 11.9 Å². The van der Waals surface area contributed by atoms with Crippen molar-refractivity contribution in [2.24, 2.45) is 0 Å². The molecule has 0 N–H and O–H groups in total. The van der Waals surface area contributed by atoms with Crippen LogP contribution in [-0.2, 0) is 19.1 Å². The molecule has 5 heteroatoms. The zero-order valence-corrected chi connectivity index (χ0v) is 9.67. The standard InChI is InChI=1S/C12H13NO4/c1-9(14)17-8-11(12(15)16-2)6-10-4-3-5-13-7-10/h3-7H,8H2,1-2H3/b11-6-. The molecular formula is C12H13NO4. The van der Waals surface area contributed by atoms with Crippen LogP contribution in [0.3, 0.4) is 0 Å². The van der Waals surface area contributed by atoms with Gasteiger partial charge in [0.1, 0.15) is 6.61 Å². The lowest BCUT2D eigenvalue weighted by molar-refractivity contribution is -0.141. The zero-order chi connectivity index (χ0) is 12.7. The smallest absolute Gasteiger partial charge is 0.337 e. The summed E-state index contributed by atoms with van der Waals surface area (Å²) in [6.07, 6.45) is 4.79. The largest absolute Gasteiger partial charge is 0.466 e. The monoisotopic (exact) mass is 235 g/mol. The number of hydrogen-bond donors (Lipinski definition) is 0. The van der Waals surface area contributed by atoms with Gasteiger partial charge in [0, 0.05) is 19.3 Å². The van der Waals surface area contributed by atoms with Crippen molar-refractivity contribution < 1.29 is 19.1 Å². The maximum atomic E-state index is 11.4. The second kappa shape index (κ2) is 6.42. The SMILES string of the molecule is COC(=O)/C(=C\c1cccnc1)COC(C)=O. The van der Waals surface area contributed by atoms with Gasteiger partial charge in [-0.1, -0.05) is 6.07 Å². The van der Waals surface area contributed by atoms with Gasteiger partial charge in [-0.15, -0.1) is 0 Å². The first-order valence-electron chi connectivity index (χ1n) is 4.95. The molecule has 1 aromatic rings. The predicted molar refractivity (Wildman–Crippen MR) is 60.9 cm³/mol. The zero-order valence-electron chi connectivity index (χ0n) is 9.67. The number of ether oxygens (including phenoxy) is 2. The van der Waals surface area contributed by atoms with Gasteiger partial charge in [-0.2, -0.15) is 0 Å². The fraction of sp³-hybridized carbons (Fsp3) is 0.250. The van der Waals surface area contributed by atoms with Gasteiger partial charge in [0.05, 0.1) is 12.7 Å². The van der Waals surface area contributed by atoms with Crippen LogP contribution in [0.2, 0.25) is 0 Å². The van der Waals surface area contributed by atoms with Gasteiger partial charge in [-0.25, -0.2) is 4.79 Å². The molecule has 0 aliphatic carbocycles. The molecule has 17 heavy (non-hydrogen) atoms. The molecule has 0 radical (unpaired) electrons. The molecule has 0 amide bonds. The summed E-state index contributed by atoms with van der Waals surface area (Å²) in [4.78, 5) is 26.0. The van der Waals surface area contributed by atoms with Crippen LogP contribution in [0.5, 0.6) is 0 Å². The molecule has 5 nitrogen and oxygen atoms in total. The number of nitrogens with zero attached hydrogens (tertiary/aromatic N) is 1. The normalized spacial score (nSPS) is 10.8. The Hall–Kier alpha value is -2.17. The van der Waals surface area contributed by atoms with Crippen molar-refractivity contribution in [3.63, 3.8) is 0 Å². The lowest BCUT2D eigenvalue weighted by Crippen LogP contribution is -2.12. The van der Waals surface area contributed by atoms with Gasteiger partial charge in [-0.05, 0) is 17.7 Å². The third-order valence-electron chi connectivity index (χ3n) is 1.90. The fourth-order valence-electron chi connectivity index (χ4n) is 1.13. The van der Waals surface area contributed by atoms with E-state index in [0.717, 1.165) is 5.56 Å². The van der Waals surface area contributed by atoms with E-state index in [0.29, 0.717) is 0 Å². The number of carbonyl (C=O) groups excluding carboxylic acids is 2. The summed E-state index contributed by atoms with van der Waals surface area (Å²) < 4.78 is 9.37. The van der Waals surface area contributed by atoms with Crippen LogP contribution in [0.1, 0.15) is 12.5 Å². The van der Waals surface area contributed by atoms with E-state index in [1.54, 1.807) is 30.6 Å². The van der Waals surface area contributed by atoms with E-state index in [1.807, 2.05) is 0 Å². The summed E-state index contributed by atoms with van der Waals surface area (Å²) in [5.41, 5.74) is 0.996. The molecule has 0 spiro atoms. The molecule has 0 saturated heterocycles. The van der Waals surface area contributed by atoms with Crippen LogP contribution < -0.4 is 0 Å². The van der Waals surface area contributed by atoms with Crippen molar-refractivity contribution >= 4 is 18.0 Å². The molecular weight excluding hydrogens is 222 g/mol. The highest BCUT2D eigenvalue weighted by atomic mass is 16.5. The van der Waals surface area contributed by atoms with Crippen molar-refractivity contribution in [3.05, 3.63) is 35.7 Å². The van der Waals surface area contributed by atoms with Crippen molar-refractivity contribution in [2.75, 3.05) is 13.7 Å². The minimum atomic E-state index is -0.532. The average Bonchev–Trinajstić information content (AvgIpc) is 2.34. The number of pyridine rings is 1. The van der Waals surface area contributed by atoms with E-state index in [1.165, 1.54) is 14.0 Å². The van der Waals surface area contributed by atoms with Gasteiger partial charge < -0.3 is 9.47 Å². The summed E-state index contributed by atoms with van der Waals surface area (Å²) in [6, 6.07) is 3.52. The number of hydrogen-bond acceptors (Lipinski definition) is 5. The van der Waals surface area contributed by atoms with Crippen molar-refractivity contribution in [2.45, 2.75) is 6.92 Å². The summed E-state index contributed by atoms with van der Waals surface area (Å²) in [5.74, 6) is -0.985. The number of aromatic nitrogens is 1. The Morgan fingerprint density at radius 2 is 2.24 bits per heavy atom. The maximum absolute atomic E-state index is 11.4. The number of methoxy groups -OCH3 is 1. The van der Waals surface area contributed by atoms with Gasteiger partial charge in [0.15, 0.2) is 0 Å². The molecule has 90 valence electrons. The Kier molecular flexibility index (Phi) is 4.87. The van der Waals surface area contributed by atoms with Crippen molar-refractivity contribution in [3.8, 4) is 0 Å². The second-order valence-corrected chi connectivity index (χ2v) is 3.23. The molecule has 0 aliphatic rings. The second-order valence-electron chi connectivity index (χ2n) is 3.23. The van der Waals surface area contributed by atoms with Gasteiger partial charge >= 0.3 is 11.9 Å². The molecule has 1 heterocycles. The molecule has 0 saturated carbocycles.